The Hall–Kier alpha value is -2.24. The van der Waals surface area contributed by atoms with Crippen molar-refractivity contribution >= 4 is 11.4 Å². The van der Waals surface area contributed by atoms with Gasteiger partial charge in [-0.25, -0.2) is 0 Å². The second-order valence-electron chi connectivity index (χ2n) is 4.60. The van der Waals surface area contributed by atoms with Crippen molar-refractivity contribution in [1.82, 2.24) is 14.8 Å². The number of nitrogens with two attached hydrogens (primary N) is 1. The van der Waals surface area contributed by atoms with Crippen molar-refractivity contribution in [2.75, 3.05) is 11.1 Å². The number of nitrogens with zero attached hydrogens (tertiary/aromatic N) is 3. The number of para-hydroxylation sites is 1. The zero-order chi connectivity index (χ0) is 13.8. The zero-order valence-electron chi connectivity index (χ0n) is 11.4. The minimum atomic E-state index is 0.0938. The van der Waals surface area contributed by atoms with Gasteiger partial charge in [-0.15, -0.1) is 10.2 Å². The summed E-state index contributed by atoms with van der Waals surface area (Å²) in [5.41, 5.74) is 7.52. The van der Waals surface area contributed by atoms with Crippen LogP contribution in [0.4, 0.5) is 11.4 Å². The predicted molar refractivity (Wildman–Crippen MR) is 74.9 cm³/mol. The van der Waals surface area contributed by atoms with Crippen LogP contribution in [0.5, 0.6) is 5.75 Å². The quantitative estimate of drug-likeness (QED) is 0.802. The molecule has 2 aromatic rings. The Bertz CT molecular complexity index is 550. The van der Waals surface area contributed by atoms with Crippen LogP contribution in [-0.4, -0.2) is 20.9 Å². The fourth-order valence-electron chi connectivity index (χ4n) is 1.70. The maximum Gasteiger partial charge on any atom is 0.151 e. The Kier molecular flexibility index (Phi) is 3.89. The molecular formula is C13H19N5O. The Morgan fingerprint density at radius 2 is 2.21 bits per heavy atom. The summed E-state index contributed by atoms with van der Waals surface area (Å²) in [6.45, 7) is 4.50. The highest BCUT2D eigenvalue weighted by Gasteiger charge is 2.08. The standard InChI is InChI=1S/C13H19N5O/c1-9(2)19-11-6-4-5-10(13(11)14)15-7-12-17-16-8-18(12)3/h4-6,8-9,15H,7,14H2,1-3H3. The molecule has 3 N–H and O–H groups in total. The van der Waals surface area contributed by atoms with E-state index in [4.69, 9.17) is 10.5 Å². The number of hydrogen-bond acceptors (Lipinski definition) is 5. The minimum Gasteiger partial charge on any atom is -0.489 e. The van der Waals surface area contributed by atoms with E-state index in [0.29, 0.717) is 18.0 Å². The molecule has 1 heterocycles. The van der Waals surface area contributed by atoms with Crippen LogP contribution < -0.4 is 15.8 Å². The number of nitrogens with one attached hydrogen (secondary N) is 1. The zero-order valence-corrected chi connectivity index (χ0v) is 11.4. The molecule has 6 heteroatoms. The first-order chi connectivity index (χ1) is 9.08. The van der Waals surface area contributed by atoms with Gasteiger partial charge in [-0.2, -0.15) is 0 Å². The Labute approximate surface area is 112 Å². The maximum atomic E-state index is 6.08. The summed E-state index contributed by atoms with van der Waals surface area (Å²) in [6.07, 6.45) is 1.76. The normalized spacial score (nSPS) is 10.7. The molecule has 0 aliphatic heterocycles. The van der Waals surface area contributed by atoms with Crippen molar-refractivity contribution in [3.05, 3.63) is 30.4 Å². The van der Waals surface area contributed by atoms with Gasteiger partial charge in [0.15, 0.2) is 5.82 Å². The van der Waals surface area contributed by atoms with E-state index in [1.165, 1.54) is 0 Å². The third kappa shape index (κ3) is 3.15. The van der Waals surface area contributed by atoms with E-state index >= 15 is 0 Å². The van der Waals surface area contributed by atoms with E-state index in [0.717, 1.165) is 11.5 Å². The lowest BCUT2D eigenvalue weighted by Gasteiger charge is -2.15. The van der Waals surface area contributed by atoms with E-state index in [1.54, 1.807) is 6.33 Å². The molecule has 0 unspecified atom stereocenters. The average Bonchev–Trinajstić information content (AvgIpc) is 2.76. The van der Waals surface area contributed by atoms with Crippen molar-refractivity contribution in [2.45, 2.75) is 26.5 Å². The molecule has 1 aromatic carbocycles. The number of aryl methyl sites for hydroxylation is 1. The first kappa shape index (κ1) is 13.2. The molecule has 0 spiro atoms. The van der Waals surface area contributed by atoms with Gasteiger partial charge < -0.3 is 20.4 Å². The average molecular weight is 261 g/mol. The molecule has 0 aliphatic rings. The molecule has 0 saturated carbocycles. The Balaban J connectivity index is 2.10. The van der Waals surface area contributed by atoms with E-state index in [9.17, 15) is 0 Å². The predicted octanol–water partition coefficient (Wildman–Crippen LogP) is 1.80. The molecule has 0 atom stereocenters. The summed E-state index contributed by atoms with van der Waals surface area (Å²) in [5.74, 6) is 1.53. The molecule has 2 rings (SSSR count). The van der Waals surface area contributed by atoms with Crippen molar-refractivity contribution < 1.29 is 4.74 Å². The van der Waals surface area contributed by atoms with Crippen LogP contribution in [-0.2, 0) is 13.6 Å². The topological polar surface area (TPSA) is 78.0 Å². The summed E-state index contributed by atoms with van der Waals surface area (Å²) in [4.78, 5) is 0. The SMILES string of the molecule is CC(C)Oc1cccc(NCc2nncn2C)c1N. The lowest BCUT2D eigenvalue weighted by atomic mass is 10.2. The fourth-order valence-corrected chi connectivity index (χ4v) is 1.70. The van der Waals surface area contributed by atoms with Crippen LogP contribution in [0.1, 0.15) is 19.7 Å². The third-order valence-electron chi connectivity index (χ3n) is 2.67. The van der Waals surface area contributed by atoms with Gasteiger partial charge in [0.2, 0.25) is 0 Å². The molecule has 102 valence electrons. The van der Waals surface area contributed by atoms with Gasteiger partial charge in [-0.05, 0) is 26.0 Å². The summed E-state index contributed by atoms with van der Waals surface area (Å²) < 4.78 is 7.51. The molecule has 0 aliphatic carbocycles. The van der Waals surface area contributed by atoms with Crippen LogP contribution in [0, 0.1) is 0 Å². The number of benzene rings is 1. The second kappa shape index (κ2) is 5.60. The summed E-state index contributed by atoms with van der Waals surface area (Å²) >= 11 is 0. The molecule has 0 fully saturated rings. The molecule has 19 heavy (non-hydrogen) atoms. The third-order valence-corrected chi connectivity index (χ3v) is 2.67. The number of rotatable bonds is 5. The number of ether oxygens (including phenoxy) is 1. The first-order valence-corrected chi connectivity index (χ1v) is 6.20. The van der Waals surface area contributed by atoms with E-state index in [2.05, 4.69) is 15.5 Å². The molecule has 1 aromatic heterocycles. The smallest absolute Gasteiger partial charge is 0.151 e. The van der Waals surface area contributed by atoms with Crippen molar-refractivity contribution in [2.24, 2.45) is 7.05 Å². The molecule has 0 saturated heterocycles. The van der Waals surface area contributed by atoms with Gasteiger partial charge in [0.25, 0.3) is 0 Å². The first-order valence-electron chi connectivity index (χ1n) is 6.20. The molecular weight excluding hydrogens is 242 g/mol. The summed E-state index contributed by atoms with van der Waals surface area (Å²) in [6, 6.07) is 5.69. The lowest BCUT2D eigenvalue weighted by molar-refractivity contribution is 0.244. The summed E-state index contributed by atoms with van der Waals surface area (Å²) in [5, 5.41) is 11.1. The van der Waals surface area contributed by atoms with Gasteiger partial charge >= 0.3 is 0 Å². The highest BCUT2D eigenvalue weighted by molar-refractivity contribution is 5.72. The van der Waals surface area contributed by atoms with Crippen molar-refractivity contribution in [3.8, 4) is 5.75 Å². The van der Waals surface area contributed by atoms with E-state index in [1.807, 2.05) is 43.7 Å². The van der Waals surface area contributed by atoms with Gasteiger partial charge in [-0.1, -0.05) is 6.07 Å². The largest absolute Gasteiger partial charge is 0.489 e. The van der Waals surface area contributed by atoms with Gasteiger partial charge in [0.05, 0.1) is 24.0 Å². The Morgan fingerprint density at radius 3 is 2.84 bits per heavy atom. The van der Waals surface area contributed by atoms with E-state index in [-0.39, 0.29) is 6.10 Å². The van der Waals surface area contributed by atoms with Gasteiger partial charge in [0, 0.05) is 7.05 Å². The van der Waals surface area contributed by atoms with Crippen molar-refractivity contribution in [1.29, 1.82) is 0 Å². The fraction of sp³-hybridized carbons (Fsp3) is 0.385. The molecule has 0 amide bonds. The Morgan fingerprint density at radius 1 is 1.42 bits per heavy atom. The van der Waals surface area contributed by atoms with Crippen LogP contribution in [0.2, 0.25) is 0 Å². The van der Waals surface area contributed by atoms with Crippen LogP contribution in [0.3, 0.4) is 0 Å². The second-order valence-corrected chi connectivity index (χ2v) is 4.60. The summed E-state index contributed by atoms with van der Waals surface area (Å²) in [7, 11) is 1.90. The number of aromatic nitrogens is 3. The van der Waals surface area contributed by atoms with Gasteiger partial charge in [0.1, 0.15) is 12.1 Å². The monoisotopic (exact) mass is 261 g/mol. The molecule has 0 radical (unpaired) electrons. The highest BCUT2D eigenvalue weighted by Crippen LogP contribution is 2.30. The molecule has 0 bridgehead atoms. The van der Waals surface area contributed by atoms with Gasteiger partial charge in [-0.3, -0.25) is 0 Å². The maximum absolute atomic E-state index is 6.08. The van der Waals surface area contributed by atoms with Crippen molar-refractivity contribution in [3.63, 3.8) is 0 Å². The molecule has 6 nitrogen and oxygen atoms in total. The van der Waals surface area contributed by atoms with Crippen LogP contribution in [0.25, 0.3) is 0 Å². The number of hydrogen-bond donors (Lipinski definition) is 2. The lowest BCUT2D eigenvalue weighted by Crippen LogP contribution is -2.10. The van der Waals surface area contributed by atoms with Crippen LogP contribution >= 0.6 is 0 Å². The highest BCUT2D eigenvalue weighted by atomic mass is 16.5. The number of anilines is 2. The minimum absolute atomic E-state index is 0.0938. The van der Waals surface area contributed by atoms with E-state index < -0.39 is 0 Å². The van der Waals surface area contributed by atoms with Crippen LogP contribution in [0.15, 0.2) is 24.5 Å². The number of nitrogen functional groups attached to an aromatic ring is 1.